The Morgan fingerprint density at radius 1 is 1.05 bits per heavy atom. The number of hydrogen-bond donors (Lipinski definition) is 3. The molecule has 8 heteroatoms. The van der Waals surface area contributed by atoms with Crippen molar-refractivity contribution in [2.24, 2.45) is 5.41 Å². The lowest BCUT2D eigenvalue weighted by Gasteiger charge is -2.35. The van der Waals surface area contributed by atoms with Crippen molar-refractivity contribution in [3.63, 3.8) is 0 Å². The highest BCUT2D eigenvalue weighted by atomic mass is 28.4. The molecule has 2 aliphatic heterocycles. The number of anilines is 2. The lowest BCUT2D eigenvalue weighted by Crippen LogP contribution is -2.42. The van der Waals surface area contributed by atoms with Crippen molar-refractivity contribution in [3.8, 4) is 0 Å². The highest BCUT2D eigenvalue weighted by Crippen LogP contribution is 2.44. The number of nitrogens with one attached hydrogen (secondary N) is 3. The molecular formula is C31H43N3O4Si. The zero-order valence-electron chi connectivity index (χ0n) is 24.6. The van der Waals surface area contributed by atoms with Crippen molar-refractivity contribution in [2.75, 3.05) is 23.8 Å². The van der Waals surface area contributed by atoms with Gasteiger partial charge in [0.25, 0.3) is 0 Å². The summed E-state index contributed by atoms with van der Waals surface area (Å²) in [7, 11) is -2.02. The quantitative estimate of drug-likeness (QED) is 0.305. The van der Waals surface area contributed by atoms with Crippen LogP contribution in [0.5, 0.6) is 0 Å². The van der Waals surface area contributed by atoms with Crippen molar-refractivity contribution in [2.45, 2.75) is 84.0 Å². The summed E-state index contributed by atoms with van der Waals surface area (Å²) in [5, 5.41) is 9.28. The summed E-state index contributed by atoms with van der Waals surface area (Å²) >= 11 is 0. The van der Waals surface area contributed by atoms with Gasteiger partial charge in [-0.2, -0.15) is 0 Å². The van der Waals surface area contributed by atoms with Crippen molar-refractivity contribution in [3.05, 3.63) is 59.2 Å². The van der Waals surface area contributed by atoms with Crippen LogP contribution in [0, 0.1) is 5.41 Å². The summed E-state index contributed by atoms with van der Waals surface area (Å²) in [4.78, 5) is 39.0. The van der Waals surface area contributed by atoms with Crippen LogP contribution in [0.15, 0.2) is 42.5 Å². The standard InChI is InChI=1S/C31H43N3O4Si/c1-29(2,3)16-20-9-14-24-23(15-20)31(28(37)34-24)17-25(32-19-31)27(36)33-22-12-10-21(11-13-22)26(35)18-38-39(7,8)30(4,5)6/h9-15,25,32H,16-19H2,1-8H3,(H,33,36)(H,34,37). The van der Waals surface area contributed by atoms with Crippen molar-refractivity contribution >= 4 is 37.3 Å². The second kappa shape index (κ2) is 10.3. The second-order valence-electron chi connectivity index (χ2n) is 13.8. The predicted molar refractivity (Wildman–Crippen MR) is 159 cm³/mol. The van der Waals surface area contributed by atoms with Gasteiger partial charge in [0.2, 0.25) is 11.8 Å². The molecule has 1 fully saturated rings. The second-order valence-corrected chi connectivity index (χ2v) is 18.6. The first-order chi connectivity index (χ1) is 18.0. The maximum Gasteiger partial charge on any atom is 0.241 e. The van der Waals surface area contributed by atoms with E-state index in [4.69, 9.17) is 4.43 Å². The zero-order chi connectivity index (χ0) is 28.8. The van der Waals surface area contributed by atoms with Crippen molar-refractivity contribution in [1.82, 2.24) is 5.32 Å². The molecule has 0 bridgehead atoms. The maximum atomic E-state index is 13.2. The van der Waals surface area contributed by atoms with E-state index in [-0.39, 0.29) is 34.7 Å². The topological polar surface area (TPSA) is 96.5 Å². The van der Waals surface area contributed by atoms with E-state index in [9.17, 15) is 14.4 Å². The van der Waals surface area contributed by atoms with Gasteiger partial charge in [-0.05, 0) is 77.8 Å². The normalized spacial score (nSPS) is 21.1. The number of amides is 2. The van der Waals surface area contributed by atoms with Crippen LogP contribution < -0.4 is 16.0 Å². The third-order valence-corrected chi connectivity index (χ3v) is 12.9. The van der Waals surface area contributed by atoms with Crippen LogP contribution in [0.4, 0.5) is 11.4 Å². The minimum absolute atomic E-state index is 0.0320. The molecule has 0 radical (unpaired) electrons. The first-order valence-corrected chi connectivity index (χ1v) is 16.7. The summed E-state index contributed by atoms with van der Waals surface area (Å²) in [6, 6.07) is 12.6. The fourth-order valence-electron chi connectivity index (χ4n) is 5.05. The Morgan fingerprint density at radius 3 is 2.33 bits per heavy atom. The first-order valence-electron chi connectivity index (χ1n) is 13.8. The van der Waals surface area contributed by atoms with Gasteiger partial charge in [-0.1, -0.05) is 53.7 Å². The Morgan fingerprint density at radius 2 is 1.72 bits per heavy atom. The van der Waals surface area contributed by atoms with Crippen LogP contribution >= 0.6 is 0 Å². The summed E-state index contributed by atoms with van der Waals surface area (Å²) < 4.78 is 6.06. The highest BCUT2D eigenvalue weighted by Gasteiger charge is 2.53. The van der Waals surface area contributed by atoms with Gasteiger partial charge in [-0.15, -0.1) is 0 Å². The number of Topliss-reactive ketones (excluding diaryl/α,β-unsaturated/α-hetero) is 1. The van der Waals surface area contributed by atoms with Crippen LogP contribution in [-0.4, -0.2) is 45.1 Å². The average Bonchev–Trinajstić information content (AvgIpc) is 3.39. The molecule has 7 nitrogen and oxygen atoms in total. The summed E-state index contributed by atoms with van der Waals surface area (Å²) in [5.74, 6) is -0.329. The molecule has 2 aliphatic rings. The molecule has 39 heavy (non-hydrogen) atoms. The zero-order valence-corrected chi connectivity index (χ0v) is 25.6. The molecule has 2 aromatic carbocycles. The van der Waals surface area contributed by atoms with Gasteiger partial charge in [0, 0.05) is 23.5 Å². The van der Waals surface area contributed by atoms with E-state index < -0.39 is 19.8 Å². The van der Waals surface area contributed by atoms with Gasteiger partial charge in [0.1, 0.15) is 0 Å². The smallest absolute Gasteiger partial charge is 0.241 e. The number of hydrogen-bond acceptors (Lipinski definition) is 5. The van der Waals surface area contributed by atoms with Crippen molar-refractivity contribution < 1.29 is 18.8 Å². The van der Waals surface area contributed by atoms with E-state index in [1.807, 2.05) is 6.07 Å². The molecule has 1 saturated heterocycles. The number of ketones is 1. The number of fused-ring (bicyclic) bond motifs is 2. The van der Waals surface area contributed by atoms with E-state index in [0.717, 1.165) is 17.7 Å². The lowest BCUT2D eigenvalue weighted by atomic mass is 9.78. The number of benzene rings is 2. The van der Waals surface area contributed by atoms with Crippen molar-refractivity contribution in [1.29, 1.82) is 0 Å². The average molecular weight is 550 g/mol. The molecule has 2 unspecified atom stereocenters. The molecule has 2 atom stereocenters. The third kappa shape index (κ3) is 6.18. The van der Waals surface area contributed by atoms with E-state index in [0.29, 0.717) is 24.2 Å². The molecule has 1 spiro atoms. The van der Waals surface area contributed by atoms with Crippen LogP contribution in [0.1, 0.15) is 69.4 Å². The minimum atomic E-state index is -2.02. The van der Waals surface area contributed by atoms with E-state index >= 15 is 0 Å². The van der Waals surface area contributed by atoms with Gasteiger partial charge in [-0.3, -0.25) is 14.4 Å². The first kappa shape index (κ1) is 29.2. The van der Waals surface area contributed by atoms with E-state index in [2.05, 4.69) is 82.7 Å². The van der Waals surface area contributed by atoms with Crippen LogP contribution in [0.3, 0.4) is 0 Å². The molecule has 0 aliphatic carbocycles. The summed E-state index contributed by atoms with van der Waals surface area (Å²) in [6.07, 6.45) is 1.29. The molecule has 4 rings (SSSR count). The Labute approximate surface area is 233 Å². The number of carbonyl (C=O) groups is 3. The molecule has 0 aromatic heterocycles. The lowest BCUT2D eigenvalue weighted by molar-refractivity contribution is -0.120. The van der Waals surface area contributed by atoms with Gasteiger partial charge >= 0.3 is 0 Å². The van der Waals surface area contributed by atoms with Crippen LogP contribution in [0.2, 0.25) is 18.1 Å². The molecule has 2 aromatic rings. The molecule has 3 N–H and O–H groups in total. The SMILES string of the molecule is CC(C)(C)Cc1ccc2c(c1)C1(CNC(C(=O)Nc3ccc(C(=O)CO[Si](C)(C)C(C)(C)C)cc3)C1)C(=O)N2. The Hall–Kier alpha value is -2.81. The Kier molecular flexibility index (Phi) is 7.71. The fraction of sp³-hybridized carbons (Fsp3) is 0.516. The minimum Gasteiger partial charge on any atom is -0.409 e. The number of rotatable bonds is 7. The molecule has 2 heterocycles. The number of carbonyl (C=O) groups excluding carboxylic acids is 3. The van der Waals surface area contributed by atoms with E-state index in [1.165, 1.54) is 5.56 Å². The highest BCUT2D eigenvalue weighted by molar-refractivity contribution is 6.74. The molecular weight excluding hydrogens is 506 g/mol. The van der Waals surface area contributed by atoms with Gasteiger partial charge in [0.05, 0.1) is 18.1 Å². The predicted octanol–water partition coefficient (Wildman–Crippen LogP) is 5.67. The van der Waals surface area contributed by atoms with Crippen LogP contribution in [-0.2, 0) is 25.9 Å². The molecule has 2 amide bonds. The van der Waals surface area contributed by atoms with Gasteiger partial charge in [-0.25, -0.2) is 0 Å². The fourth-order valence-corrected chi connectivity index (χ4v) is 5.98. The van der Waals surface area contributed by atoms with E-state index in [1.54, 1.807) is 24.3 Å². The Balaban J connectivity index is 1.39. The largest absolute Gasteiger partial charge is 0.409 e. The Bertz CT molecular complexity index is 1270. The monoisotopic (exact) mass is 549 g/mol. The molecule has 210 valence electrons. The summed E-state index contributed by atoms with van der Waals surface area (Å²) in [6.45, 7) is 17.7. The molecule has 0 saturated carbocycles. The maximum absolute atomic E-state index is 13.2. The summed E-state index contributed by atoms with van der Waals surface area (Å²) in [5.41, 5.74) is 3.52. The third-order valence-electron chi connectivity index (χ3n) is 8.38. The van der Waals surface area contributed by atoms with Crippen LogP contribution in [0.25, 0.3) is 0 Å². The van der Waals surface area contributed by atoms with Gasteiger partial charge < -0.3 is 20.4 Å². The van der Waals surface area contributed by atoms with Gasteiger partial charge in [0.15, 0.2) is 14.1 Å².